The highest BCUT2D eigenvalue weighted by atomic mass is 16.6. The van der Waals surface area contributed by atoms with Gasteiger partial charge in [-0.05, 0) is 40.0 Å². The van der Waals surface area contributed by atoms with Crippen LogP contribution in [0.3, 0.4) is 0 Å². The zero-order valence-electron chi connectivity index (χ0n) is 12.9. The first-order valence-electron chi connectivity index (χ1n) is 6.97. The molecule has 0 aromatic rings. The van der Waals surface area contributed by atoms with Gasteiger partial charge >= 0.3 is 6.09 Å². The molecule has 0 fully saturated rings. The SMILES string of the molecule is CCCN(C(=O)OC(C)(C)C)C(CC)(CC)CN. The second-order valence-electron chi connectivity index (χ2n) is 5.77. The molecule has 0 rings (SSSR count). The number of ether oxygens (including phenoxy) is 1. The van der Waals surface area contributed by atoms with Crippen molar-refractivity contribution in [1.29, 1.82) is 0 Å². The van der Waals surface area contributed by atoms with E-state index in [9.17, 15) is 4.79 Å². The van der Waals surface area contributed by atoms with Crippen LogP contribution in [-0.2, 0) is 4.74 Å². The van der Waals surface area contributed by atoms with Crippen LogP contribution in [0.5, 0.6) is 0 Å². The summed E-state index contributed by atoms with van der Waals surface area (Å²) < 4.78 is 5.50. The van der Waals surface area contributed by atoms with Crippen molar-refractivity contribution in [3.05, 3.63) is 0 Å². The first-order chi connectivity index (χ1) is 8.26. The van der Waals surface area contributed by atoms with E-state index in [2.05, 4.69) is 20.8 Å². The highest BCUT2D eigenvalue weighted by Crippen LogP contribution is 2.25. The Kier molecular flexibility index (Phi) is 6.68. The summed E-state index contributed by atoms with van der Waals surface area (Å²) in [5, 5.41) is 0. The lowest BCUT2D eigenvalue weighted by Crippen LogP contribution is -2.57. The zero-order valence-corrected chi connectivity index (χ0v) is 12.9. The molecule has 0 aliphatic carbocycles. The monoisotopic (exact) mass is 258 g/mol. The average molecular weight is 258 g/mol. The molecule has 1 amide bonds. The lowest BCUT2D eigenvalue weighted by atomic mass is 9.90. The molecule has 0 atom stereocenters. The lowest BCUT2D eigenvalue weighted by Gasteiger charge is -2.42. The van der Waals surface area contributed by atoms with E-state index in [4.69, 9.17) is 10.5 Å². The maximum absolute atomic E-state index is 12.3. The van der Waals surface area contributed by atoms with Crippen molar-refractivity contribution < 1.29 is 9.53 Å². The highest BCUT2D eigenvalue weighted by molar-refractivity contribution is 5.69. The van der Waals surface area contributed by atoms with Crippen molar-refractivity contribution in [3.63, 3.8) is 0 Å². The van der Waals surface area contributed by atoms with Gasteiger partial charge in [-0.15, -0.1) is 0 Å². The minimum Gasteiger partial charge on any atom is -0.444 e. The Balaban J connectivity index is 5.09. The van der Waals surface area contributed by atoms with E-state index in [0.717, 1.165) is 19.3 Å². The third kappa shape index (κ3) is 4.48. The number of nitrogens with two attached hydrogens (primary N) is 1. The normalized spacial score (nSPS) is 12.4. The van der Waals surface area contributed by atoms with E-state index in [1.165, 1.54) is 0 Å². The molecule has 0 unspecified atom stereocenters. The summed E-state index contributed by atoms with van der Waals surface area (Å²) in [6.45, 7) is 13.0. The van der Waals surface area contributed by atoms with Gasteiger partial charge in [-0.1, -0.05) is 20.8 Å². The molecule has 0 saturated heterocycles. The fraction of sp³-hybridized carbons (Fsp3) is 0.929. The smallest absolute Gasteiger partial charge is 0.410 e. The Bertz CT molecular complexity index is 247. The van der Waals surface area contributed by atoms with E-state index in [1.807, 2.05) is 25.7 Å². The van der Waals surface area contributed by atoms with Crippen molar-refractivity contribution >= 4 is 6.09 Å². The van der Waals surface area contributed by atoms with Crippen LogP contribution in [0.4, 0.5) is 4.79 Å². The number of carbonyl (C=O) groups excluding carboxylic acids is 1. The van der Waals surface area contributed by atoms with E-state index in [0.29, 0.717) is 13.1 Å². The predicted molar refractivity (Wildman–Crippen MR) is 75.6 cm³/mol. The molecule has 2 N–H and O–H groups in total. The summed E-state index contributed by atoms with van der Waals surface area (Å²) in [4.78, 5) is 14.1. The number of rotatable bonds is 6. The molecule has 4 heteroatoms. The molecular weight excluding hydrogens is 228 g/mol. The second kappa shape index (κ2) is 6.98. The molecule has 0 bridgehead atoms. The number of nitrogens with zero attached hydrogens (tertiary/aromatic N) is 1. The second-order valence-corrected chi connectivity index (χ2v) is 5.77. The Morgan fingerprint density at radius 3 is 1.94 bits per heavy atom. The summed E-state index contributed by atoms with van der Waals surface area (Å²) in [5.74, 6) is 0. The predicted octanol–water partition coefficient (Wildman–Crippen LogP) is 3.15. The minimum absolute atomic E-state index is 0.251. The van der Waals surface area contributed by atoms with Gasteiger partial charge in [-0.2, -0.15) is 0 Å². The number of carbonyl (C=O) groups is 1. The van der Waals surface area contributed by atoms with Crippen molar-refractivity contribution in [2.45, 2.75) is 71.9 Å². The Hall–Kier alpha value is -0.770. The standard InChI is InChI=1S/C14H30N2O2/c1-7-10-16(12(17)18-13(4,5)6)14(8-2,9-3)11-15/h7-11,15H2,1-6H3. The van der Waals surface area contributed by atoms with Crippen LogP contribution in [0.25, 0.3) is 0 Å². The zero-order chi connectivity index (χ0) is 14.4. The molecule has 0 radical (unpaired) electrons. The Labute approximate surface area is 112 Å². The molecule has 0 spiro atoms. The molecular formula is C14H30N2O2. The third-order valence-electron chi connectivity index (χ3n) is 3.33. The van der Waals surface area contributed by atoms with E-state index >= 15 is 0 Å². The van der Waals surface area contributed by atoms with Crippen LogP contribution >= 0.6 is 0 Å². The largest absolute Gasteiger partial charge is 0.444 e. The minimum atomic E-state index is -0.467. The van der Waals surface area contributed by atoms with Crippen LogP contribution in [0.15, 0.2) is 0 Å². The summed E-state index contributed by atoms with van der Waals surface area (Å²) in [7, 11) is 0. The molecule has 0 aromatic carbocycles. The molecule has 0 aliphatic rings. The van der Waals surface area contributed by atoms with Crippen LogP contribution in [0.2, 0.25) is 0 Å². The average Bonchev–Trinajstić information content (AvgIpc) is 2.28. The van der Waals surface area contributed by atoms with Gasteiger partial charge in [0.1, 0.15) is 5.60 Å². The van der Waals surface area contributed by atoms with Crippen molar-refractivity contribution in [1.82, 2.24) is 4.90 Å². The van der Waals surface area contributed by atoms with Gasteiger partial charge in [0.15, 0.2) is 0 Å². The molecule has 108 valence electrons. The van der Waals surface area contributed by atoms with Crippen molar-refractivity contribution in [3.8, 4) is 0 Å². The van der Waals surface area contributed by atoms with Gasteiger partial charge in [0.05, 0.1) is 5.54 Å². The van der Waals surface area contributed by atoms with Gasteiger partial charge < -0.3 is 15.4 Å². The highest BCUT2D eigenvalue weighted by Gasteiger charge is 2.37. The van der Waals surface area contributed by atoms with E-state index < -0.39 is 5.60 Å². The van der Waals surface area contributed by atoms with Gasteiger partial charge in [0, 0.05) is 13.1 Å². The topological polar surface area (TPSA) is 55.6 Å². The summed E-state index contributed by atoms with van der Waals surface area (Å²) >= 11 is 0. The molecule has 18 heavy (non-hydrogen) atoms. The lowest BCUT2D eigenvalue weighted by molar-refractivity contribution is -0.00440. The van der Waals surface area contributed by atoms with Gasteiger partial charge in [0.2, 0.25) is 0 Å². The van der Waals surface area contributed by atoms with Gasteiger partial charge in [-0.25, -0.2) is 4.79 Å². The van der Waals surface area contributed by atoms with Crippen LogP contribution < -0.4 is 5.73 Å². The maximum Gasteiger partial charge on any atom is 0.410 e. The first-order valence-corrected chi connectivity index (χ1v) is 6.97. The Morgan fingerprint density at radius 2 is 1.67 bits per heavy atom. The van der Waals surface area contributed by atoms with Crippen molar-refractivity contribution in [2.24, 2.45) is 5.73 Å². The fourth-order valence-electron chi connectivity index (χ4n) is 2.09. The van der Waals surface area contributed by atoms with Crippen LogP contribution in [-0.4, -0.2) is 35.2 Å². The number of hydrogen-bond acceptors (Lipinski definition) is 3. The van der Waals surface area contributed by atoms with Crippen LogP contribution in [0.1, 0.15) is 60.8 Å². The molecule has 0 aromatic heterocycles. The number of hydrogen-bond donors (Lipinski definition) is 1. The summed E-state index contributed by atoms with van der Waals surface area (Å²) in [5.41, 5.74) is 5.17. The number of amides is 1. The Morgan fingerprint density at radius 1 is 1.17 bits per heavy atom. The molecule has 0 aliphatic heterocycles. The van der Waals surface area contributed by atoms with E-state index in [-0.39, 0.29) is 11.6 Å². The first kappa shape index (κ1) is 17.2. The van der Waals surface area contributed by atoms with E-state index in [1.54, 1.807) is 0 Å². The summed E-state index contributed by atoms with van der Waals surface area (Å²) in [6, 6.07) is 0. The van der Waals surface area contributed by atoms with Crippen LogP contribution in [0, 0.1) is 0 Å². The molecule has 0 saturated carbocycles. The maximum atomic E-state index is 12.3. The fourth-order valence-corrected chi connectivity index (χ4v) is 2.09. The van der Waals surface area contributed by atoms with Gasteiger partial charge in [-0.3, -0.25) is 0 Å². The summed E-state index contributed by atoms with van der Waals surface area (Å²) in [6.07, 6.45) is 2.35. The van der Waals surface area contributed by atoms with Crippen molar-refractivity contribution in [2.75, 3.05) is 13.1 Å². The molecule has 0 heterocycles. The third-order valence-corrected chi connectivity index (χ3v) is 3.33. The quantitative estimate of drug-likeness (QED) is 0.796. The van der Waals surface area contributed by atoms with Gasteiger partial charge in [0.25, 0.3) is 0 Å². The molecule has 4 nitrogen and oxygen atoms in total.